The third kappa shape index (κ3) is 4.64. The number of nitrogens with zero attached hydrogens (tertiary/aromatic N) is 2. The smallest absolute Gasteiger partial charge is 0.273 e. The van der Waals surface area contributed by atoms with Crippen LogP contribution in [0.25, 0.3) is 11.3 Å². The van der Waals surface area contributed by atoms with Crippen molar-refractivity contribution in [2.75, 3.05) is 25.5 Å². The average molecular weight is 475 g/mol. The second-order valence-electron chi connectivity index (χ2n) is 7.46. The number of amides is 1. The molecule has 0 bridgehead atoms. The van der Waals surface area contributed by atoms with Gasteiger partial charge in [-0.3, -0.25) is 9.89 Å². The number of benzene rings is 2. The SMILES string of the molecule is COc1ccc(-c2cc(C(=O)Nc3ccc(Cl)cc3)[nH]n2)cc1S(=O)(=O)N1CCCCC1. The van der Waals surface area contributed by atoms with E-state index in [2.05, 4.69) is 15.5 Å². The van der Waals surface area contributed by atoms with Crippen LogP contribution in [0.15, 0.2) is 53.4 Å². The highest BCUT2D eigenvalue weighted by Crippen LogP contribution is 2.32. The zero-order valence-corrected chi connectivity index (χ0v) is 19.0. The molecule has 0 atom stereocenters. The minimum Gasteiger partial charge on any atom is -0.495 e. The summed E-state index contributed by atoms with van der Waals surface area (Å²) in [4.78, 5) is 12.6. The fourth-order valence-electron chi connectivity index (χ4n) is 3.60. The number of H-pyrrole nitrogens is 1. The van der Waals surface area contributed by atoms with Crippen molar-refractivity contribution in [1.82, 2.24) is 14.5 Å². The average Bonchev–Trinajstić information content (AvgIpc) is 3.31. The van der Waals surface area contributed by atoms with Crippen LogP contribution in [0.3, 0.4) is 0 Å². The van der Waals surface area contributed by atoms with E-state index in [4.69, 9.17) is 16.3 Å². The molecule has 1 fully saturated rings. The lowest BCUT2D eigenvalue weighted by atomic mass is 10.1. The van der Waals surface area contributed by atoms with Gasteiger partial charge in [0.15, 0.2) is 0 Å². The normalized spacial score (nSPS) is 14.8. The molecular formula is C22H23ClN4O4S. The van der Waals surface area contributed by atoms with Crippen molar-refractivity contribution in [2.45, 2.75) is 24.2 Å². The van der Waals surface area contributed by atoms with E-state index in [1.807, 2.05) is 0 Å². The van der Waals surface area contributed by atoms with Gasteiger partial charge in [-0.05, 0) is 61.4 Å². The molecule has 1 aliphatic heterocycles. The molecule has 1 saturated heterocycles. The summed E-state index contributed by atoms with van der Waals surface area (Å²) in [5.41, 5.74) is 1.84. The summed E-state index contributed by atoms with van der Waals surface area (Å²) in [6.45, 7) is 0.986. The minimum atomic E-state index is -3.71. The molecule has 0 unspecified atom stereocenters. The Hall–Kier alpha value is -2.88. The van der Waals surface area contributed by atoms with E-state index in [-0.39, 0.29) is 22.2 Å². The van der Waals surface area contributed by atoms with Crippen LogP contribution in [0.2, 0.25) is 5.02 Å². The fraction of sp³-hybridized carbons (Fsp3) is 0.273. The maximum atomic E-state index is 13.2. The van der Waals surface area contributed by atoms with Crippen molar-refractivity contribution in [3.63, 3.8) is 0 Å². The predicted molar refractivity (Wildman–Crippen MR) is 123 cm³/mol. The molecule has 168 valence electrons. The Morgan fingerprint density at radius 2 is 1.81 bits per heavy atom. The van der Waals surface area contributed by atoms with Crippen molar-refractivity contribution in [3.05, 3.63) is 59.2 Å². The Morgan fingerprint density at radius 1 is 1.09 bits per heavy atom. The summed E-state index contributed by atoms with van der Waals surface area (Å²) in [5.74, 6) is -0.101. The van der Waals surface area contributed by atoms with Crippen LogP contribution >= 0.6 is 11.6 Å². The number of rotatable bonds is 6. The molecule has 0 radical (unpaired) electrons. The molecule has 0 aliphatic carbocycles. The first-order chi connectivity index (χ1) is 15.4. The molecule has 32 heavy (non-hydrogen) atoms. The van der Waals surface area contributed by atoms with Gasteiger partial charge in [-0.25, -0.2) is 8.42 Å². The highest BCUT2D eigenvalue weighted by atomic mass is 35.5. The Kier molecular flexibility index (Phi) is 6.50. The van der Waals surface area contributed by atoms with Crippen LogP contribution in [0.4, 0.5) is 5.69 Å². The van der Waals surface area contributed by atoms with Gasteiger partial charge in [0.05, 0.1) is 12.8 Å². The first-order valence-electron chi connectivity index (χ1n) is 10.2. The molecule has 1 amide bonds. The van der Waals surface area contributed by atoms with E-state index >= 15 is 0 Å². The van der Waals surface area contributed by atoms with Crippen LogP contribution in [-0.4, -0.2) is 49.0 Å². The van der Waals surface area contributed by atoms with Gasteiger partial charge in [0.2, 0.25) is 10.0 Å². The van der Waals surface area contributed by atoms with E-state index in [9.17, 15) is 13.2 Å². The highest BCUT2D eigenvalue weighted by molar-refractivity contribution is 7.89. The van der Waals surface area contributed by atoms with Crippen molar-refractivity contribution in [2.24, 2.45) is 0 Å². The van der Waals surface area contributed by atoms with Crippen molar-refractivity contribution in [1.29, 1.82) is 0 Å². The van der Waals surface area contributed by atoms with Gasteiger partial charge in [0.1, 0.15) is 16.3 Å². The monoisotopic (exact) mass is 474 g/mol. The molecule has 2 aromatic carbocycles. The summed E-state index contributed by atoms with van der Waals surface area (Å²) in [5, 5.41) is 10.2. The third-order valence-corrected chi connectivity index (χ3v) is 7.49. The quantitative estimate of drug-likeness (QED) is 0.558. The van der Waals surface area contributed by atoms with Crippen molar-refractivity contribution < 1.29 is 17.9 Å². The molecule has 10 heteroatoms. The number of sulfonamides is 1. The second kappa shape index (κ2) is 9.32. The van der Waals surface area contributed by atoms with Gasteiger partial charge in [0, 0.05) is 29.4 Å². The lowest BCUT2D eigenvalue weighted by Gasteiger charge is -2.26. The van der Waals surface area contributed by atoms with E-state index in [0.29, 0.717) is 35.1 Å². The number of carbonyl (C=O) groups excluding carboxylic acids is 1. The van der Waals surface area contributed by atoms with Crippen LogP contribution in [0, 0.1) is 0 Å². The molecule has 0 spiro atoms. The molecule has 1 aliphatic rings. The van der Waals surface area contributed by atoms with Crippen LogP contribution in [0.5, 0.6) is 5.75 Å². The Bertz CT molecular complexity index is 1220. The molecule has 2 N–H and O–H groups in total. The summed E-state index contributed by atoms with van der Waals surface area (Å²) in [6, 6.07) is 13.2. The molecule has 2 heterocycles. The van der Waals surface area contributed by atoms with E-state index in [1.165, 1.54) is 11.4 Å². The number of nitrogens with one attached hydrogen (secondary N) is 2. The van der Waals surface area contributed by atoms with E-state index < -0.39 is 10.0 Å². The first kappa shape index (κ1) is 22.3. The maximum Gasteiger partial charge on any atom is 0.273 e. The van der Waals surface area contributed by atoms with Gasteiger partial charge >= 0.3 is 0 Å². The van der Waals surface area contributed by atoms with Crippen LogP contribution in [0.1, 0.15) is 29.8 Å². The highest BCUT2D eigenvalue weighted by Gasteiger charge is 2.29. The standard InChI is InChI=1S/C22H23ClN4O4S/c1-31-20-10-5-15(13-21(20)32(29,30)27-11-3-2-4-12-27)18-14-19(26-25-18)22(28)24-17-8-6-16(23)7-9-17/h5-10,13-14H,2-4,11-12H2,1H3,(H,24,28)(H,25,26). The van der Waals surface area contributed by atoms with Gasteiger partial charge in [-0.2, -0.15) is 9.40 Å². The third-order valence-electron chi connectivity index (χ3n) is 5.32. The Balaban J connectivity index is 1.60. The van der Waals surface area contributed by atoms with Gasteiger partial charge in [-0.1, -0.05) is 18.0 Å². The summed E-state index contributed by atoms with van der Waals surface area (Å²) in [7, 11) is -2.27. The largest absolute Gasteiger partial charge is 0.495 e. The molecule has 4 rings (SSSR count). The van der Waals surface area contributed by atoms with Crippen molar-refractivity contribution in [3.8, 4) is 17.0 Å². The Labute approximate surface area is 191 Å². The van der Waals surface area contributed by atoms with Crippen LogP contribution < -0.4 is 10.1 Å². The predicted octanol–water partition coefficient (Wildman–Crippen LogP) is 4.17. The zero-order chi connectivity index (χ0) is 22.7. The number of piperidine rings is 1. The molecule has 0 saturated carbocycles. The lowest BCUT2D eigenvalue weighted by molar-refractivity contribution is 0.102. The number of hydrogen-bond acceptors (Lipinski definition) is 5. The van der Waals surface area contributed by atoms with Crippen molar-refractivity contribution >= 4 is 33.2 Å². The topological polar surface area (TPSA) is 104 Å². The van der Waals surface area contributed by atoms with Crippen LogP contribution in [-0.2, 0) is 10.0 Å². The van der Waals surface area contributed by atoms with Gasteiger partial charge in [0.25, 0.3) is 5.91 Å². The number of ether oxygens (including phenoxy) is 1. The maximum absolute atomic E-state index is 13.2. The number of hydrogen-bond donors (Lipinski definition) is 2. The molecule has 1 aromatic heterocycles. The minimum absolute atomic E-state index is 0.0922. The Morgan fingerprint density at radius 3 is 2.50 bits per heavy atom. The second-order valence-corrected chi connectivity index (χ2v) is 9.80. The number of halogens is 1. The lowest BCUT2D eigenvalue weighted by Crippen LogP contribution is -2.35. The van der Waals surface area contributed by atoms with E-state index in [0.717, 1.165) is 19.3 Å². The number of aromatic nitrogens is 2. The molecule has 8 nitrogen and oxygen atoms in total. The van der Waals surface area contributed by atoms with E-state index in [1.54, 1.807) is 48.5 Å². The van der Waals surface area contributed by atoms with Gasteiger partial charge in [-0.15, -0.1) is 0 Å². The summed E-state index contributed by atoms with van der Waals surface area (Å²) >= 11 is 5.87. The fourth-order valence-corrected chi connectivity index (χ4v) is 5.42. The molecular weight excluding hydrogens is 452 g/mol. The number of methoxy groups -OCH3 is 1. The zero-order valence-electron chi connectivity index (χ0n) is 17.5. The summed E-state index contributed by atoms with van der Waals surface area (Å²) < 4.78 is 33.3. The molecule has 3 aromatic rings. The summed E-state index contributed by atoms with van der Waals surface area (Å²) in [6.07, 6.45) is 2.71. The number of aromatic amines is 1. The van der Waals surface area contributed by atoms with Gasteiger partial charge < -0.3 is 10.1 Å². The first-order valence-corrected chi connectivity index (χ1v) is 12.0. The number of carbonyl (C=O) groups is 1. The number of anilines is 1.